The number of anilines is 1. The molecule has 3 aromatic rings. The van der Waals surface area contributed by atoms with Gasteiger partial charge in [-0.3, -0.25) is 14.9 Å². The summed E-state index contributed by atoms with van der Waals surface area (Å²) in [6, 6.07) is 11.2. The van der Waals surface area contributed by atoms with Crippen molar-refractivity contribution < 1.29 is 18.1 Å². The highest BCUT2D eigenvalue weighted by molar-refractivity contribution is 7.22. The number of rotatable bonds is 3. The molecule has 1 aromatic heterocycles. The van der Waals surface area contributed by atoms with Crippen molar-refractivity contribution in [3.05, 3.63) is 74.1 Å². The number of alkyl halides is 3. The van der Waals surface area contributed by atoms with Crippen molar-refractivity contribution >= 4 is 32.2 Å². The second-order valence-electron chi connectivity index (χ2n) is 7.10. The van der Waals surface area contributed by atoms with Crippen LogP contribution in [-0.2, 0) is 6.18 Å². The van der Waals surface area contributed by atoms with Crippen LogP contribution in [0.2, 0.25) is 0 Å². The van der Waals surface area contributed by atoms with E-state index < -0.39 is 27.9 Å². The lowest BCUT2D eigenvalue weighted by molar-refractivity contribution is -0.383. The predicted molar refractivity (Wildman–Crippen MR) is 108 cm³/mol. The maximum atomic E-state index is 13.1. The highest BCUT2D eigenvalue weighted by Gasteiger charge is 2.34. The maximum Gasteiger partial charge on any atom is 0.416 e. The summed E-state index contributed by atoms with van der Waals surface area (Å²) in [5, 5.41) is 11.3. The minimum atomic E-state index is -4.80. The van der Waals surface area contributed by atoms with Crippen molar-refractivity contribution in [1.29, 1.82) is 0 Å². The van der Waals surface area contributed by atoms with Crippen LogP contribution in [0.4, 0.5) is 24.0 Å². The highest BCUT2D eigenvalue weighted by atomic mass is 32.1. The zero-order valence-electron chi connectivity index (χ0n) is 15.6. The van der Waals surface area contributed by atoms with E-state index in [-0.39, 0.29) is 10.1 Å². The number of aromatic nitrogens is 1. The van der Waals surface area contributed by atoms with Gasteiger partial charge in [0.15, 0.2) is 5.13 Å². The minimum Gasteiger partial charge on any atom is -0.348 e. The molecule has 0 spiro atoms. The van der Waals surface area contributed by atoms with Crippen LogP contribution in [0.25, 0.3) is 10.1 Å². The molecule has 0 bridgehead atoms. The van der Waals surface area contributed by atoms with Crippen LogP contribution in [0.5, 0.6) is 0 Å². The van der Waals surface area contributed by atoms with Crippen LogP contribution in [0, 0.1) is 10.1 Å². The number of non-ortho nitro benzene ring substituents is 1. The van der Waals surface area contributed by atoms with Gasteiger partial charge in [-0.1, -0.05) is 41.7 Å². The SMILES string of the molecule is O=c1nc(N2CCC(c3ccccc3)CC2)sc2c([N+](=O)[O-])cc(C(F)(F)F)cc12. The summed E-state index contributed by atoms with van der Waals surface area (Å²) in [7, 11) is 0. The Labute approximate surface area is 172 Å². The standard InChI is InChI=1S/C20H16F3N3O3S/c21-20(22,23)14-10-15-17(16(11-14)26(28)29)30-19(24-18(15)27)25-8-6-13(7-9-25)12-4-2-1-3-5-12/h1-5,10-11,13H,6-9H2. The van der Waals surface area contributed by atoms with Crippen molar-refractivity contribution in [2.24, 2.45) is 0 Å². The molecule has 1 aliphatic rings. The molecule has 0 amide bonds. The van der Waals surface area contributed by atoms with E-state index in [0.29, 0.717) is 36.3 Å². The first kappa shape index (κ1) is 20.3. The van der Waals surface area contributed by atoms with Crippen LogP contribution >= 0.6 is 11.3 Å². The number of halogens is 3. The van der Waals surface area contributed by atoms with E-state index >= 15 is 0 Å². The fourth-order valence-electron chi connectivity index (χ4n) is 3.70. The summed E-state index contributed by atoms with van der Waals surface area (Å²) in [6.07, 6.45) is -3.16. The molecular weight excluding hydrogens is 419 g/mol. The molecule has 0 unspecified atom stereocenters. The first-order valence-electron chi connectivity index (χ1n) is 9.24. The third kappa shape index (κ3) is 3.87. The molecule has 0 radical (unpaired) electrons. The van der Waals surface area contributed by atoms with Gasteiger partial charge in [-0.15, -0.1) is 0 Å². The molecule has 2 aromatic carbocycles. The summed E-state index contributed by atoms with van der Waals surface area (Å²) in [6.45, 7) is 1.20. The highest BCUT2D eigenvalue weighted by Crippen LogP contribution is 2.39. The van der Waals surface area contributed by atoms with Crippen LogP contribution < -0.4 is 10.5 Å². The van der Waals surface area contributed by atoms with Gasteiger partial charge in [-0.2, -0.15) is 18.2 Å². The second-order valence-corrected chi connectivity index (χ2v) is 8.08. The number of hydrogen-bond acceptors (Lipinski definition) is 6. The number of fused-ring (bicyclic) bond motifs is 1. The minimum absolute atomic E-state index is 0.0896. The molecular formula is C20H16F3N3O3S. The first-order valence-corrected chi connectivity index (χ1v) is 10.1. The fourth-order valence-corrected chi connectivity index (χ4v) is 4.82. The Hall–Kier alpha value is -3.01. The molecule has 0 atom stereocenters. The van der Waals surface area contributed by atoms with Gasteiger partial charge < -0.3 is 4.90 Å². The van der Waals surface area contributed by atoms with Crippen LogP contribution in [0.1, 0.15) is 29.9 Å². The van der Waals surface area contributed by atoms with Crippen molar-refractivity contribution in [3.63, 3.8) is 0 Å². The van der Waals surface area contributed by atoms with Gasteiger partial charge in [-0.25, -0.2) is 0 Å². The predicted octanol–water partition coefficient (Wildman–Crippen LogP) is 4.97. The van der Waals surface area contributed by atoms with Gasteiger partial charge in [0.1, 0.15) is 4.70 Å². The van der Waals surface area contributed by atoms with Gasteiger partial charge in [0.25, 0.3) is 11.2 Å². The molecule has 1 aliphatic heterocycles. The Morgan fingerprint density at radius 1 is 1.13 bits per heavy atom. The van der Waals surface area contributed by atoms with Gasteiger partial charge in [0, 0.05) is 19.2 Å². The van der Waals surface area contributed by atoms with E-state index in [1.54, 1.807) is 0 Å². The average Bonchev–Trinajstić information content (AvgIpc) is 2.73. The number of nitro benzene ring substituents is 1. The fraction of sp³-hybridized carbons (Fsp3) is 0.300. The summed E-state index contributed by atoms with van der Waals surface area (Å²) in [4.78, 5) is 28.8. The molecule has 1 fully saturated rings. The van der Waals surface area contributed by atoms with Gasteiger partial charge in [0.05, 0.1) is 15.9 Å². The average molecular weight is 435 g/mol. The van der Waals surface area contributed by atoms with Crippen molar-refractivity contribution in [2.75, 3.05) is 18.0 Å². The largest absolute Gasteiger partial charge is 0.416 e. The monoisotopic (exact) mass is 435 g/mol. The summed E-state index contributed by atoms with van der Waals surface area (Å²) >= 11 is 0.885. The second kappa shape index (κ2) is 7.67. The van der Waals surface area contributed by atoms with E-state index in [2.05, 4.69) is 17.1 Å². The third-order valence-electron chi connectivity index (χ3n) is 5.25. The molecule has 1 saturated heterocycles. The number of piperidine rings is 1. The van der Waals surface area contributed by atoms with E-state index in [0.717, 1.165) is 24.2 Å². The lowest BCUT2D eigenvalue weighted by atomic mass is 9.90. The molecule has 30 heavy (non-hydrogen) atoms. The van der Waals surface area contributed by atoms with Gasteiger partial charge >= 0.3 is 6.18 Å². The normalized spacial score (nSPS) is 15.5. The maximum absolute atomic E-state index is 13.1. The summed E-state index contributed by atoms with van der Waals surface area (Å²) in [5.41, 5.74) is -1.63. The summed E-state index contributed by atoms with van der Waals surface area (Å²) < 4.78 is 39.2. The lowest BCUT2D eigenvalue weighted by Crippen LogP contribution is -2.34. The Morgan fingerprint density at radius 3 is 2.40 bits per heavy atom. The Bertz CT molecular complexity index is 1160. The molecule has 2 heterocycles. The lowest BCUT2D eigenvalue weighted by Gasteiger charge is -2.32. The Morgan fingerprint density at radius 2 is 1.80 bits per heavy atom. The van der Waals surface area contributed by atoms with Gasteiger partial charge in [0.2, 0.25) is 0 Å². The van der Waals surface area contributed by atoms with Crippen LogP contribution in [0.3, 0.4) is 0 Å². The topological polar surface area (TPSA) is 76.3 Å². The Kier molecular flexibility index (Phi) is 5.19. The van der Waals surface area contributed by atoms with Crippen molar-refractivity contribution in [1.82, 2.24) is 4.98 Å². The molecule has 156 valence electrons. The quantitative estimate of drug-likeness (QED) is 0.429. The number of nitrogens with zero attached hydrogens (tertiary/aromatic N) is 3. The summed E-state index contributed by atoms with van der Waals surface area (Å²) in [5.74, 6) is 0.364. The number of hydrogen-bond donors (Lipinski definition) is 0. The molecule has 10 heteroatoms. The zero-order valence-corrected chi connectivity index (χ0v) is 16.4. The van der Waals surface area contributed by atoms with Gasteiger partial charge in [-0.05, 0) is 30.4 Å². The number of nitro groups is 1. The molecule has 0 N–H and O–H groups in total. The van der Waals surface area contributed by atoms with Crippen molar-refractivity contribution in [2.45, 2.75) is 24.9 Å². The Balaban J connectivity index is 1.69. The smallest absolute Gasteiger partial charge is 0.348 e. The molecule has 6 nitrogen and oxygen atoms in total. The zero-order chi connectivity index (χ0) is 21.5. The van der Waals surface area contributed by atoms with E-state index in [4.69, 9.17) is 0 Å². The third-order valence-corrected chi connectivity index (χ3v) is 6.42. The first-order chi connectivity index (χ1) is 14.2. The van der Waals surface area contributed by atoms with E-state index in [1.807, 2.05) is 23.1 Å². The van der Waals surface area contributed by atoms with E-state index in [1.165, 1.54) is 5.56 Å². The molecule has 4 rings (SSSR count). The molecule has 0 saturated carbocycles. The van der Waals surface area contributed by atoms with Crippen molar-refractivity contribution in [3.8, 4) is 0 Å². The van der Waals surface area contributed by atoms with Crippen LogP contribution in [0.15, 0.2) is 47.3 Å². The molecule has 0 aliphatic carbocycles. The number of benzene rings is 2. The van der Waals surface area contributed by atoms with Crippen LogP contribution in [-0.4, -0.2) is 23.0 Å². The van der Waals surface area contributed by atoms with E-state index in [9.17, 15) is 28.1 Å².